The van der Waals surface area contributed by atoms with Crippen LogP contribution in [0.3, 0.4) is 0 Å². The Bertz CT molecular complexity index is 592. The Kier molecular flexibility index (Phi) is 4.44. The molecule has 116 valence electrons. The van der Waals surface area contributed by atoms with E-state index in [0.717, 1.165) is 32.5 Å². The zero-order valence-electron chi connectivity index (χ0n) is 13.2. The Morgan fingerprint density at radius 1 is 1.27 bits per heavy atom. The van der Waals surface area contributed by atoms with Crippen molar-refractivity contribution < 1.29 is 4.79 Å². The number of nitriles is 1. The summed E-state index contributed by atoms with van der Waals surface area (Å²) in [5, 5.41) is 9.02. The molecule has 4 nitrogen and oxygen atoms in total. The Morgan fingerprint density at radius 2 is 2.05 bits per heavy atom. The predicted molar refractivity (Wildman–Crippen MR) is 85.5 cm³/mol. The standard InChI is InChI=1S/C18H23N3O/c1-2-20-10-4-8-16(20)17-9-5-11-21(17)18(22)15-7-3-6-14(12-15)13-19/h3,6-7,12,16-17H,2,4-5,8-11H2,1H3/t16-,17-/m1/s1. The lowest BCUT2D eigenvalue weighted by atomic mass is 10.0. The van der Waals surface area contributed by atoms with Crippen LogP contribution >= 0.6 is 0 Å². The smallest absolute Gasteiger partial charge is 0.254 e. The van der Waals surface area contributed by atoms with Gasteiger partial charge in [-0.05, 0) is 57.0 Å². The van der Waals surface area contributed by atoms with E-state index in [-0.39, 0.29) is 5.91 Å². The summed E-state index contributed by atoms with van der Waals surface area (Å²) in [6, 6.07) is 10.0. The summed E-state index contributed by atoms with van der Waals surface area (Å²) < 4.78 is 0. The lowest BCUT2D eigenvalue weighted by Gasteiger charge is -2.34. The average Bonchev–Trinajstić information content (AvgIpc) is 3.22. The quantitative estimate of drug-likeness (QED) is 0.861. The number of hydrogen-bond donors (Lipinski definition) is 0. The van der Waals surface area contributed by atoms with Crippen LogP contribution in [-0.4, -0.2) is 47.4 Å². The van der Waals surface area contributed by atoms with Crippen molar-refractivity contribution >= 4 is 5.91 Å². The van der Waals surface area contributed by atoms with E-state index in [2.05, 4.69) is 22.8 Å². The van der Waals surface area contributed by atoms with Crippen molar-refractivity contribution in [1.82, 2.24) is 9.80 Å². The maximum absolute atomic E-state index is 12.9. The Labute approximate surface area is 132 Å². The molecule has 0 radical (unpaired) electrons. The first-order chi connectivity index (χ1) is 10.7. The highest BCUT2D eigenvalue weighted by Crippen LogP contribution is 2.30. The number of carbonyl (C=O) groups is 1. The second kappa shape index (κ2) is 6.50. The number of benzene rings is 1. The van der Waals surface area contributed by atoms with Crippen molar-refractivity contribution in [2.24, 2.45) is 0 Å². The SMILES string of the molecule is CCN1CCC[C@@H]1[C@H]1CCCN1C(=O)c1cccc(C#N)c1. The van der Waals surface area contributed by atoms with Gasteiger partial charge in [-0.3, -0.25) is 9.69 Å². The summed E-state index contributed by atoms with van der Waals surface area (Å²) in [7, 11) is 0. The molecule has 22 heavy (non-hydrogen) atoms. The van der Waals surface area contributed by atoms with Gasteiger partial charge in [0.05, 0.1) is 11.6 Å². The van der Waals surface area contributed by atoms with Gasteiger partial charge in [-0.25, -0.2) is 0 Å². The molecule has 1 aromatic carbocycles. The molecule has 2 atom stereocenters. The van der Waals surface area contributed by atoms with Crippen molar-refractivity contribution in [1.29, 1.82) is 5.26 Å². The van der Waals surface area contributed by atoms with Crippen molar-refractivity contribution in [3.8, 4) is 6.07 Å². The molecule has 0 saturated carbocycles. The van der Waals surface area contributed by atoms with Crippen LogP contribution < -0.4 is 0 Å². The highest BCUT2D eigenvalue weighted by molar-refractivity contribution is 5.95. The van der Waals surface area contributed by atoms with Gasteiger partial charge in [0.15, 0.2) is 0 Å². The van der Waals surface area contributed by atoms with E-state index in [1.807, 2.05) is 6.07 Å². The van der Waals surface area contributed by atoms with Gasteiger partial charge in [0, 0.05) is 24.2 Å². The summed E-state index contributed by atoms with van der Waals surface area (Å²) in [5.41, 5.74) is 1.20. The number of rotatable bonds is 3. The number of amides is 1. The molecule has 0 spiro atoms. The first kappa shape index (κ1) is 15.1. The minimum absolute atomic E-state index is 0.0857. The van der Waals surface area contributed by atoms with E-state index < -0.39 is 0 Å². The van der Waals surface area contributed by atoms with E-state index in [1.54, 1.807) is 18.2 Å². The minimum Gasteiger partial charge on any atom is -0.334 e. The summed E-state index contributed by atoms with van der Waals surface area (Å²) in [6.45, 7) is 5.26. The maximum atomic E-state index is 12.9. The van der Waals surface area contributed by atoms with Crippen LogP contribution in [0.4, 0.5) is 0 Å². The fourth-order valence-corrected chi connectivity index (χ4v) is 4.01. The molecule has 0 N–H and O–H groups in total. The monoisotopic (exact) mass is 297 g/mol. The van der Waals surface area contributed by atoms with Crippen LogP contribution in [0.2, 0.25) is 0 Å². The largest absolute Gasteiger partial charge is 0.334 e. The van der Waals surface area contributed by atoms with Gasteiger partial charge in [0.2, 0.25) is 0 Å². The first-order valence-electron chi connectivity index (χ1n) is 8.29. The van der Waals surface area contributed by atoms with Gasteiger partial charge in [-0.1, -0.05) is 13.0 Å². The highest BCUT2D eigenvalue weighted by atomic mass is 16.2. The molecule has 1 amide bonds. The predicted octanol–water partition coefficient (Wildman–Crippen LogP) is 2.65. The lowest BCUT2D eigenvalue weighted by molar-refractivity contribution is 0.0650. The third-order valence-electron chi connectivity index (χ3n) is 5.06. The number of likely N-dealkylation sites (N-methyl/N-ethyl adjacent to an activating group) is 1. The fraction of sp³-hybridized carbons (Fsp3) is 0.556. The number of likely N-dealkylation sites (tertiary alicyclic amines) is 2. The molecule has 3 rings (SSSR count). The van der Waals surface area contributed by atoms with E-state index in [0.29, 0.717) is 23.2 Å². The molecule has 0 bridgehead atoms. The Balaban J connectivity index is 1.80. The van der Waals surface area contributed by atoms with E-state index in [9.17, 15) is 4.79 Å². The molecule has 1 aromatic rings. The van der Waals surface area contributed by atoms with E-state index in [1.165, 1.54) is 12.8 Å². The summed E-state index contributed by atoms with van der Waals surface area (Å²) in [6.07, 6.45) is 4.62. The molecular weight excluding hydrogens is 274 g/mol. The molecule has 2 fully saturated rings. The first-order valence-corrected chi connectivity index (χ1v) is 8.29. The summed E-state index contributed by atoms with van der Waals surface area (Å²) >= 11 is 0. The zero-order valence-corrected chi connectivity index (χ0v) is 13.2. The Morgan fingerprint density at radius 3 is 2.82 bits per heavy atom. The van der Waals surface area contributed by atoms with Crippen LogP contribution in [0.25, 0.3) is 0 Å². The average molecular weight is 297 g/mol. The topological polar surface area (TPSA) is 47.3 Å². The van der Waals surface area contributed by atoms with Gasteiger partial charge in [-0.15, -0.1) is 0 Å². The molecule has 2 heterocycles. The van der Waals surface area contributed by atoms with Gasteiger partial charge in [-0.2, -0.15) is 5.26 Å². The summed E-state index contributed by atoms with van der Waals surface area (Å²) in [5.74, 6) is 0.0857. The maximum Gasteiger partial charge on any atom is 0.254 e. The normalized spacial score (nSPS) is 25.4. The zero-order chi connectivity index (χ0) is 15.5. The number of carbonyl (C=O) groups excluding carboxylic acids is 1. The van der Waals surface area contributed by atoms with Crippen LogP contribution in [0.15, 0.2) is 24.3 Å². The van der Waals surface area contributed by atoms with Gasteiger partial charge >= 0.3 is 0 Å². The van der Waals surface area contributed by atoms with Crippen molar-refractivity contribution in [3.63, 3.8) is 0 Å². The van der Waals surface area contributed by atoms with Crippen molar-refractivity contribution in [3.05, 3.63) is 35.4 Å². The van der Waals surface area contributed by atoms with E-state index >= 15 is 0 Å². The molecule has 2 aliphatic heterocycles. The Hall–Kier alpha value is -1.86. The van der Waals surface area contributed by atoms with Crippen LogP contribution in [0.1, 0.15) is 48.5 Å². The second-order valence-corrected chi connectivity index (χ2v) is 6.24. The van der Waals surface area contributed by atoms with Crippen LogP contribution in [0, 0.1) is 11.3 Å². The molecule has 0 aliphatic carbocycles. The third-order valence-corrected chi connectivity index (χ3v) is 5.06. The summed E-state index contributed by atoms with van der Waals surface area (Å²) in [4.78, 5) is 17.4. The second-order valence-electron chi connectivity index (χ2n) is 6.24. The van der Waals surface area contributed by atoms with Crippen molar-refractivity contribution in [2.45, 2.75) is 44.7 Å². The molecule has 0 aromatic heterocycles. The van der Waals surface area contributed by atoms with Gasteiger partial charge in [0.25, 0.3) is 5.91 Å². The molecular formula is C18H23N3O. The van der Waals surface area contributed by atoms with Gasteiger partial charge < -0.3 is 4.90 Å². The fourth-order valence-electron chi connectivity index (χ4n) is 4.01. The molecule has 0 unspecified atom stereocenters. The van der Waals surface area contributed by atoms with E-state index in [4.69, 9.17) is 5.26 Å². The lowest BCUT2D eigenvalue weighted by Crippen LogP contribution is -2.48. The van der Waals surface area contributed by atoms with Crippen LogP contribution in [-0.2, 0) is 0 Å². The minimum atomic E-state index is 0.0857. The van der Waals surface area contributed by atoms with Crippen LogP contribution in [0.5, 0.6) is 0 Å². The van der Waals surface area contributed by atoms with Crippen molar-refractivity contribution in [2.75, 3.05) is 19.6 Å². The third kappa shape index (κ3) is 2.74. The highest BCUT2D eigenvalue weighted by Gasteiger charge is 2.39. The number of hydrogen-bond acceptors (Lipinski definition) is 3. The molecule has 4 heteroatoms. The molecule has 2 aliphatic rings. The number of nitrogens with zero attached hydrogens (tertiary/aromatic N) is 3. The van der Waals surface area contributed by atoms with Gasteiger partial charge in [0.1, 0.15) is 0 Å². The molecule has 2 saturated heterocycles.